The minimum Gasteiger partial charge on any atom is -0.325 e. The molecule has 3 rings (SSSR count). The predicted molar refractivity (Wildman–Crippen MR) is 115 cm³/mol. The van der Waals surface area contributed by atoms with Gasteiger partial charge in [0.25, 0.3) is 5.91 Å². The first-order valence-electron chi connectivity index (χ1n) is 8.00. The second-order valence-electron chi connectivity index (χ2n) is 5.61. The second-order valence-corrected chi connectivity index (χ2v) is 8.62. The molecule has 28 heavy (non-hydrogen) atoms. The van der Waals surface area contributed by atoms with Crippen molar-refractivity contribution in [1.29, 1.82) is 0 Å². The van der Waals surface area contributed by atoms with Gasteiger partial charge < -0.3 is 5.32 Å². The fourth-order valence-electron chi connectivity index (χ4n) is 2.12. The molecule has 10 heteroatoms. The summed E-state index contributed by atoms with van der Waals surface area (Å²) in [4.78, 5) is 24.3. The third kappa shape index (κ3) is 5.45. The first kappa shape index (κ1) is 20.6. The second kappa shape index (κ2) is 9.38. The molecule has 0 atom stereocenters. The number of hydrogen-bond acceptors (Lipinski definition) is 6. The lowest BCUT2D eigenvalue weighted by Gasteiger charge is -2.06. The molecular formula is C18H14Cl2N4O2S2. The van der Waals surface area contributed by atoms with Gasteiger partial charge in [0.1, 0.15) is 0 Å². The maximum atomic E-state index is 12.2. The predicted octanol–water partition coefficient (Wildman–Crippen LogP) is 5.14. The average molecular weight is 453 g/mol. The van der Waals surface area contributed by atoms with Crippen LogP contribution in [0.25, 0.3) is 0 Å². The summed E-state index contributed by atoms with van der Waals surface area (Å²) >= 11 is 14.5. The topological polar surface area (TPSA) is 84.0 Å². The van der Waals surface area contributed by atoms with Gasteiger partial charge in [0.2, 0.25) is 11.0 Å². The van der Waals surface area contributed by atoms with Crippen molar-refractivity contribution in [3.63, 3.8) is 0 Å². The Morgan fingerprint density at radius 2 is 1.86 bits per heavy atom. The van der Waals surface area contributed by atoms with E-state index in [4.69, 9.17) is 23.2 Å². The normalized spacial score (nSPS) is 10.5. The first-order valence-corrected chi connectivity index (χ1v) is 10.6. The first-order chi connectivity index (χ1) is 13.4. The molecule has 0 aliphatic carbocycles. The van der Waals surface area contributed by atoms with Crippen LogP contribution in [-0.4, -0.2) is 27.8 Å². The molecule has 3 aromatic rings. The van der Waals surface area contributed by atoms with Crippen molar-refractivity contribution in [3.8, 4) is 0 Å². The number of aryl methyl sites for hydroxylation is 1. The Hall–Kier alpha value is -2.13. The van der Waals surface area contributed by atoms with Gasteiger partial charge in [0.05, 0.1) is 16.3 Å². The monoisotopic (exact) mass is 452 g/mol. The van der Waals surface area contributed by atoms with E-state index in [-0.39, 0.29) is 17.6 Å². The number of benzene rings is 2. The lowest BCUT2D eigenvalue weighted by Crippen LogP contribution is -2.13. The highest BCUT2D eigenvalue weighted by atomic mass is 35.5. The van der Waals surface area contributed by atoms with Crippen molar-refractivity contribution >= 4 is 68.9 Å². The van der Waals surface area contributed by atoms with Crippen LogP contribution in [-0.2, 0) is 4.79 Å². The van der Waals surface area contributed by atoms with E-state index >= 15 is 0 Å². The van der Waals surface area contributed by atoms with Gasteiger partial charge >= 0.3 is 0 Å². The molecule has 0 aliphatic rings. The van der Waals surface area contributed by atoms with Crippen molar-refractivity contribution in [2.24, 2.45) is 0 Å². The third-order valence-electron chi connectivity index (χ3n) is 3.53. The number of hydrogen-bond donors (Lipinski definition) is 2. The van der Waals surface area contributed by atoms with E-state index in [0.717, 1.165) is 5.56 Å². The Bertz CT molecular complexity index is 1030. The number of amides is 2. The summed E-state index contributed by atoms with van der Waals surface area (Å²) in [6, 6.07) is 12.1. The molecule has 0 unspecified atom stereocenters. The summed E-state index contributed by atoms with van der Waals surface area (Å²) in [5.74, 6) is -0.410. The van der Waals surface area contributed by atoms with E-state index < -0.39 is 0 Å². The Morgan fingerprint density at radius 1 is 1.07 bits per heavy atom. The van der Waals surface area contributed by atoms with Crippen LogP contribution < -0.4 is 10.6 Å². The molecule has 2 amide bonds. The van der Waals surface area contributed by atoms with Gasteiger partial charge in [-0.1, -0.05) is 64.5 Å². The van der Waals surface area contributed by atoms with Crippen molar-refractivity contribution < 1.29 is 9.59 Å². The number of carbonyl (C=O) groups is 2. The zero-order chi connectivity index (χ0) is 20.1. The quantitative estimate of drug-likeness (QED) is 0.399. The van der Waals surface area contributed by atoms with Crippen LogP contribution in [0.4, 0.5) is 10.8 Å². The van der Waals surface area contributed by atoms with Crippen molar-refractivity contribution in [2.75, 3.05) is 16.4 Å². The fourth-order valence-corrected chi connectivity index (χ4v) is 4.07. The zero-order valence-corrected chi connectivity index (χ0v) is 17.7. The highest BCUT2D eigenvalue weighted by Gasteiger charge is 2.14. The van der Waals surface area contributed by atoms with Crippen LogP contribution in [0.15, 0.2) is 46.8 Å². The molecule has 2 aromatic carbocycles. The van der Waals surface area contributed by atoms with Crippen LogP contribution in [0.2, 0.25) is 10.0 Å². The number of aromatic nitrogens is 2. The van der Waals surface area contributed by atoms with Gasteiger partial charge in [-0.25, -0.2) is 0 Å². The highest BCUT2D eigenvalue weighted by Crippen LogP contribution is 2.27. The van der Waals surface area contributed by atoms with E-state index in [1.165, 1.54) is 23.1 Å². The maximum Gasteiger partial charge on any atom is 0.259 e. The van der Waals surface area contributed by atoms with Crippen LogP contribution in [0, 0.1) is 6.92 Å². The minimum atomic E-state index is -0.368. The van der Waals surface area contributed by atoms with Crippen molar-refractivity contribution in [2.45, 2.75) is 11.3 Å². The number of halogens is 2. The van der Waals surface area contributed by atoms with Crippen LogP contribution in [0.5, 0.6) is 0 Å². The Labute approximate surface area is 179 Å². The molecule has 0 saturated carbocycles. The fraction of sp³-hybridized carbons (Fsp3) is 0.111. The summed E-state index contributed by atoms with van der Waals surface area (Å²) in [7, 11) is 0. The largest absolute Gasteiger partial charge is 0.325 e. The standard InChI is InChI=1S/C18H14Cl2N4O2S2/c1-10-6-7-11(8-14(10)20)21-15(25)9-27-18-24-23-17(28-18)22-16(26)12-4-2-3-5-13(12)19/h2-8H,9H2,1H3,(H,21,25)(H,22,23,26). The summed E-state index contributed by atoms with van der Waals surface area (Å²) in [5.41, 5.74) is 1.92. The molecule has 1 aromatic heterocycles. The SMILES string of the molecule is Cc1ccc(NC(=O)CSc2nnc(NC(=O)c3ccccc3Cl)s2)cc1Cl. The highest BCUT2D eigenvalue weighted by molar-refractivity contribution is 8.01. The molecule has 2 N–H and O–H groups in total. The summed E-state index contributed by atoms with van der Waals surface area (Å²) in [5, 5.41) is 14.6. The van der Waals surface area contributed by atoms with E-state index in [0.29, 0.717) is 30.8 Å². The van der Waals surface area contributed by atoms with Gasteiger partial charge in [-0.3, -0.25) is 14.9 Å². The third-order valence-corrected chi connectivity index (χ3v) is 6.24. The Balaban J connectivity index is 1.53. The molecule has 0 fully saturated rings. The maximum absolute atomic E-state index is 12.2. The van der Waals surface area contributed by atoms with Crippen molar-refractivity contribution in [3.05, 3.63) is 63.6 Å². The molecule has 0 bridgehead atoms. The van der Waals surface area contributed by atoms with E-state index in [1.54, 1.807) is 36.4 Å². The van der Waals surface area contributed by atoms with Crippen LogP contribution in [0.3, 0.4) is 0 Å². The molecule has 1 heterocycles. The lowest BCUT2D eigenvalue weighted by molar-refractivity contribution is -0.113. The average Bonchev–Trinajstić information content (AvgIpc) is 3.11. The van der Waals surface area contributed by atoms with Crippen LogP contribution >= 0.6 is 46.3 Å². The number of nitrogens with one attached hydrogen (secondary N) is 2. The Kier molecular flexibility index (Phi) is 6.90. The van der Waals surface area contributed by atoms with Crippen LogP contribution in [0.1, 0.15) is 15.9 Å². The molecule has 0 spiro atoms. The van der Waals surface area contributed by atoms with E-state index in [9.17, 15) is 9.59 Å². The summed E-state index contributed by atoms with van der Waals surface area (Å²) in [6.45, 7) is 1.89. The minimum absolute atomic E-state index is 0.151. The number of rotatable bonds is 6. The number of nitrogens with zero attached hydrogens (tertiary/aromatic N) is 2. The summed E-state index contributed by atoms with van der Waals surface area (Å²) in [6.07, 6.45) is 0. The van der Waals surface area contributed by atoms with Gasteiger partial charge in [-0.15, -0.1) is 10.2 Å². The number of carbonyl (C=O) groups excluding carboxylic acids is 2. The molecule has 0 saturated heterocycles. The molecule has 0 radical (unpaired) electrons. The molecular weight excluding hydrogens is 439 g/mol. The Morgan fingerprint density at radius 3 is 2.61 bits per heavy atom. The van der Waals surface area contributed by atoms with E-state index in [1.807, 2.05) is 13.0 Å². The van der Waals surface area contributed by atoms with Gasteiger partial charge in [0.15, 0.2) is 4.34 Å². The number of anilines is 2. The summed E-state index contributed by atoms with van der Waals surface area (Å²) < 4.78 is 0.562. The van der Waals surface area contributed by atoms with Gasteiger partial charge in [-0.05, 0) is 36.8 Å². The molecule has 144 valence electrons. The smallest absolute Gasteiger partial charge is 0.259 e. The van der Waals surface area contributed by atoms with E-state index in [2.05, 4.69) is 20.8 Å². The molecule has 0 aliphatic heterocycles. The van der Waals surface area contributed by atoms with Gasteiger partial charge in [0, 0.05) is 10.7 Å². The lowest BCUT2D eigenvalue weighted by atomic mass is 10.2. The molecule has 6 nitrogen and oxygen atoms in total. The zero-order valence-electron chi connectivity index (χ0n) is 14.5. The van der Waals surface area contributed by atoms with Crippen molar-refractivity contribution in [1.82, 2.24) is 10.2 Å². The van der Waals surface area contributed by atoms with Gasteiger partial charge in [-0.2, -0.15) is 0 Å². The number of thioether (sulfide) groups is 1.